The van der Waals surface area contributed by atoms with Crippen molar-refractivity contribution in [2.75, 3.05) is 30.0 Å². The van der Waals surface area contributed by atoms with Gasteiger partial charge in [0.1, 0.15) is 0 Å². The first-order chi connectivity index (χ1) is 9.61. The molecule has 20 heavy (non-hydrogen) atoms. The van der Waals surface area contributed by atoms with Crippen LogP contribution in [0.4, 0.5) is 11.4 Å². The van der Waals surface area contributed by atoms with E-state index in [0.717, 1.165) is 12.2 Å². The Morgan fingerprint density at radius 2 is 2.30 bits per heavy atom. The van der Waals surface area contributed by atoms with Gasteiger partial charge in [0.15, 0.2) is 0 Å². The number of ether oxygens (including phenoxy) is 1. The largest absolute Gasteiger partial charge is 0.478 e. The maximum atomic E-state index is 12.2. The number of carboxylic acids is 1. The van der Waals surface area contributed by atoms with E-state index >= 15 is 0 Å². The molecule has 6 nitrogen and oxygen atoms in total. The standard InChI is InChI=1S/C14H16N2O4/c1-2-16-11-4-3-8(14(18)19)5-10(11)15-13(17)9-6-20-7-12(9)16/h3-5,9,12H,2,6-7H2,1H3,(H,15,17)(H,18,19). The number of anilines is 2. The van der Waals surface area contributed by atoms with Gasteiger partial charge in [-0.15, -0.1) is 0 Å². The molecule has 2 N–H and O–H groups in total. The number of benzene rings is 1. The molecular weight excluding hydrogens is 260 g/mol. The van der Waals surface area contributed by atoms with Crippen LogP contribution in [-0.4, -0.2) is 42.8 Å². The fourth-order valence-electron chi connectivity index (χ4n) is 2.93. The third-order valence-corrected chi connectivity index (χ3v) is 3.94. The van der Waals surface area contributed by atoms with Gasteiger partial charge in [-0.05, 0) is 25.1 Å². The maximum absolute atomic E-state index is 12.2. The van der Waals surface area contributed by atoms with E-state index in [4.69, 9.17) is 9.84 Å². The molecule has 2 aliphatic rings. The molecule has 6 heteroatoms. The molecule has 1 aromatic rings. The number of fused-ring (bicyclic) bond motifs is 2. The molecule has 1 aromatic carbocycles. The number of hydrogen-bond donors (Lipinski definition) is 2. The van der Waals surface area contributed by atoms with Gasteiger partial charge < -0.3 is 20.1 Å². The van der Waals surface area contributed by atoms with E-state index in [-0.39, 0.29) is 23.4 Å². The number of rotatable bonds is 2. The number of carboxylic acid groups (broad SMARTS) is 1. The van der Waals surface area contributed by atoms with E-state index < -0.39 is 5.97 Å². The first-order valence-electron chi connectivity index (χ1n) is 6.64. The minimum atomic E-state index is -1.00. The lowest BCUT2D eigenvalue weighted by Gasteiger charge is -2.30. The predicted octanol–water partition coefficient (Wildman–Crippen LogP) is 1.18. The van der Waals surface area contributed by atoms with Crippen molar-refractivity contribution in [3.63, 3.8) is 0 Å². The molecule has 2 atom stereocenters. The molecule has 2 unspecified atom stereocenters. The van der Waals surface area contributed by atoms with Crippen LogP contribution in [0.15, 0.2) is 18.2 Å². The van der Waals surface area contributed by atoms with Gasteiger partial charge in [-0.1, -0.05) is 0 Å². The highest BCUT2D eigenvalue weighted by Crippen LogP contribution is 2.36. The third-order valence-electron chi connectivity index (χ3n) is 3.94. The van der Waals surface area contributed by atoms with Crippen molar-refractivity contribution in [2.24, 2.45) is 5.92 Å². The number of aromatic carboxylic acids is 1. The van der Waals surface area contributed by atoms with Gasteiger partial charge in [-0.3, -0.25) is 4.79 Å². The Morgan fingerprint density at radius 3 is 3.00 bits per heavy atom. The Kier molecular flexibility index (Phi) is 3.10. The van der Waals surface area contributed by atoms with Crippen LogP contribution in [0, 0.1) is 5.92 Å². The number of carbonyl (C=O) groups is 2. The highest BCUT2D eigenvalue weighted by atomic mass is 16.5. The summed E-state index contributed by atoms with van der Waals surface area (Å²) in [5.41, 5.74) is 1.58. The monoisotopic (exact) mass is 276 g/mol. The number of nitrogens with one attached hydrogen (secondary N) is 1. The summed E-state index contributed by atoms with van der Waals surface area (Å²) in [6.45, 7) is 3.68. The van der Waals surface area contributed by atoms with Crippen LogP contribution < -0.4 is 10.2 Å². The number of nitrogens with zero attached hydrogens (tertiary/aromatic N) is 1. The summed E-state index contributed by atoms with van der Waals surface area (Å²) >= 11 is 0. The molecule has 1 saturated heterocycles. The fraction of sp³-hybridized carbons (Fsp3) is 0.429. The van der Waals surface area contributed by atoms with Crippen LogP contribution in [0.3, 0.4) is 0 Å². The molecule has 0 saturated carbocycles. The average molecular weight is 276 g/mol. The van der Waals surface area contributed by atoms with Crippen LogP contribution in [0.25, 0.3) is 0 Å². The summed E-state index contributed by atoms with van der Waals surface area (Å²) in [7, 11) is 0. The zero-order valence-corrected chi connectivity index (χ0v) is 11.1. The van der Waals surface area contributed by atoms with Gasteiger partial charge in [0.05, 0.1) is 42.1 Å². The Hall–Kier alpha value is -2.08. The van der Waals surface area contributed by atoms with Crippen LogP contribution in [0.1, 0.15) is 17.3 Å². The van der Waals surface area contributed by atoms with E-state index in [2.05, 4.69) is 10.2 Å². The Labute approximate surface area is 116 Å². The predicted molar refractivity (Wildman–Crippen MR) is 73.1 cm³/mol. The van der Waals surface area contributed by atoms with E-state index in [0.29, 0.717) is 18.9 Å². The first kappa shape index (κ1) is 12.9. The summed E-state index contributed by atoms with van der Waals surface area (Å²) in [6.07, 6.45) is 0. The lowest BCUT2D eigenvalue weighted by molar-refractivity contribution is -0.120. The zero-order chi connectivity index (χ0) is 14.3. The van der Waals surface area contributed by atoms with Crippen molar-refractivity contribution >= 4 is 23.3 Å². The van der Waals surface area contributed by atoms with Gasteiger partial charge in [0.25, 0.3) is 0 Å². The lowest BCUT2D eigenvalue weighted by Crippen LogP contribution is -2.42. The van der Waals surface area contributed by atoms with Gasteiger partial charge >= 0.3 is 5.97 Å². The van der Waals surface area contributed by atoms with Gasteiger partial charge in [0.2, 0.25) is 5.91 Å². The van der Waals surface area contributed by atoms with E-state index in [1.54, 1.807) is 12.1 Å². The van der Waals surface area contributed by atoms with Crippen molar-refractivity contribution in [1.29, 1.82) is 0 Å². The molecule has 1 amide bonds. The Balaban J connectivity index is 2.08. The molecule has 0 spiro atoms. The van der Waals surface area contributed by atoms with Crippen molar-refractivity contribution in [1.82, 2.24) is 0 Å². The normalized spacial score (nSPS) is 24.6. The van der Waals surface area contributed by atoms with Crippen LogP contribution in [0.5, 0.6) is 0 Å². The molecule has 2 heterocycles. The van der Waals surface area contributed by atoms with Gasteiger partial charge in [-0.2, -0.15) is 0 Å². The quantitative estimate of drug-likeness (QED) is 0.848. The highest BCUT2D eigenvalue weighted by Gasteiger charge is 2.40. The molecular formula is C14H16N2O4. The second-order valence-electron chi connectivity index (χ2n) is 5.02. The molecule has 3 rings (SSSR count). The minimum absolute atomic E-state index is 0.0110. The second kappa shape index (κ2) is 4.79. The molecule has 1 fully saturated rings. The molecule has 0 aliphatic carbocycles. The van der Waals surface area contributed by atoms with Gasteiger partial charge in [-0.25, -0.2) is 4.79 Å². The summed E-state index contributed by atoms with van der Waals surface area (Å²) < 4.78 is 5.43. The maximum Gasteiger partial charge on any atom is 0.335 e. The lowest BCUT2D eigenvalue weighted by atomic mass is 10.0. The average Bonchev–Trinajstić information content (AvgIpc) is 2.86. The zero-order valence-electron chi connectivity index (χ0n) is 11.1. The summed E-state index contributed by atoms with van der Waals surface area (Å²) in [4.78, 5) is 25.4. The summed E-state index contributed by atoms with van der Waals surface area (Å²) in [6, 6.07) is 4.84. The minimum Gasteiger partial charge on any atom is -0.478 e. The van der Waals surface area contributed by atoms with Crippen LogP contribution in [0.2, 0.25) is 0 Å². The van der Waals surface area contributed by atoms with Crippen molar-refractivity contribution in [3.05, 3.63) is 23.8 Å². The first-order valence-corrected chi connectivity index (χ1v) is 6.64. The Morgan fingerprint density at radius 1 is 1.50 bits per heavy atom. The number of carbonyl (C=O) groups excluding carboxylic acids is 1. The molecule has 2 aliphatic heterocycles. The van der Waals surface area contributed by atoms with Crippen LogP contribution >= 0.6 is 0 Å². The van der Waals surface area contributed by atoms with Gasteiger partial charge in [0, 0.05) is 6.54 Å². The second-order valence-corrected chi connectivity index (χ2v) is 5.02. The van der Waals surface area contributed by atoms with Crippen molar-refractivity contribution in [3.8, 4) is 0 Å². The SMILES string of the molecule is CCN1c2ccc(C(=O)O)cc2NC(=O)C2COCC21. The molecule has 0 bridgehead atoms. The molecule has 106 valence electrons. The number of amides is 1. The third kappa shape index (κ3) is 1.92. The number of likely N-dealkylation sites (N-methyl/N-ethyl adjacent to an activating group) is 1. The van der Waals surface area contributed by atoms with E-state index in [9.17, 15) is 9.59 Å². The molecule has 0 radical (unpaired) electrons. The van der Waals surface area contributed by atoms with E-state index in [1.165, 1.54) is 6.07 Å². The summed E-state index contributed by atoms with van der Waals surface area (Å²) in [5, 5.41) is 11.9. The topological polar surface area (TPSA) is 78.9 Å². The van der Waals surface area contributed by atoms with E-state index in [1.807, 2.05) is 6.92 Å². The van der Waals surface area contributed by atoms with Crippen molar-refractivity contribution < 1.29 is 19.4 Å². The van der Waals surface area contributed by atoms with Crippen molar-refractivity contribution in [2.45, 2.75) is 13.0 Å². The number of hydrogen-bond acceptors (Lipinski definition) is 4. The molecule has 0 aromatic heterocycles. The summed E-state index contributed by atoms with van der Waals surface area (Å²) in [5.74, 6) is -1.32. The fourth-order valence-corrected chi connectivity index (χ4v) is 2.93. The highest BCUT2D eigenvalue weighted by molar-refractivity contribution is 6.00. The van der Waals surface area contributed by atoms with Crippen LogP contribution in [-0.2, 0) is 9.53 Å². The Bertz CT molecular complexity index is 572. The smallest absolute Gasteiger partial charge is 0.335 e.